The zero-order valence-electron chi connectivity index (χ0n) is 17.2. The number of hydrazine groups is 1. The SMILES string of the molecule is CCCOC(=O)c1ccc(OCC(=O)NNC(=S)NC(=O)/C=C/c2ccccc2Cl)cc1. The number of amides is 2. The summed E-state index contributed by atoms with van der Waals surface area (Å²) >= 11 is 11.0. The Morgan fingerprint density at radius 2 is 1.78 bits per heavy atom. The maximum absolute atomic E-state index is 11.9. The molecule has 0 aromatic heterocycles. The summed E-state index contributed by atoms with van der Waals surface area (Å²) in [6.45, 7) is 1.95. The summed E-state index contributed by atoms with van der Waals surface area (Å²) in [5, 5.41) is 2.80. The first-order valence-corrected chi connectivity index (χ1v) is 10.4. The van der Waals surface area contributed by atoms with Gasteiger partial charge in [-0.3, -0.25) is 25.8 Å². The molecule has 0 spiro atoms. The van der Waals surface area contributed by atoms with Crippen molar-refractivity contribution in [1.29, 1.82) is 0 Å². The number of rotatable bonds is 8. The third-order valence-electron chi connectivity index (χ3n) is 3.77. The van der Waals surface area contributed by atoms with Gasteiger partial charge in [0.1, 0.15) is 5.75 Å². The lowest BCUT2D eigenvalue weighted by Crippen LogP contribution is -2.49. The molecule has 168 valence electrons. The number of nitrogens with one attached hydrogen (secondary N) is 3. The monoisotopic (exact) mass is 475 g/mol. The Labute approximate surface area is 195 Å². The Morgan fingerprint density at radius 3 is 2.47 bits per heavy atom. The van der Waals surface area contributed by atoms with Crippen molar-refractivity contribution in [2.24, 2.45) is 0 Å². The second kappa shape index (κ2) is 13.1. The minimum atomic E-state index is -0.528. The summed E-state index contributed by atoms with van der Waals surface area (Å²) in [7, 11) is 0. The molecule has 0 bridgehead atoms. The van der Waals surface area contributed by atoms with Crippen LogP contribution in [0.5, 0.6) is 5.75 Å². The summed E-state index contributed by atoms with van der Waals surface area (Å²) in [5.41, 5.74) is 5.78. The predicted molar refractivity (Wildman–Crippen MR) is 125 cm³/mol. The highest BCUT2D eigenvalue weighted by Gasteiger charge is 2.08. The van der Waals surface area contributed by atoms with Crippen molar-refractivity contribution >= 4 is 52.8 Å². The van der Waals surface area contributed by atoms with Gasteiger partial charge in [0.25, 0.3) is 5.91 Å². The molecule has 0 saturated heterocycles. The molecule has 0 unspecified atom stereocenters. The Morgan fingerprint density at radius 1 is 1.06 bits per heavy atom. The Bertz CT molecular complexity index is 995. The van der Waals surface area contributed by atoms with Gasteiger partial charge in [0, 0.05) is 11.1 Å². The molecular weight excluding hydrogens is 454 g/mol. The molecule has 2 rings (SSSR count). The third-order valence-corrected chi connectivity index (χ3v) is 4.32. The van der Waals surface area contributed by atoms with Crippen LogP contribution in [0.15, 0.2) is 54.6 Å². The van der Waals surface area contributed by atoms with E-state index in [1.807, 2.05) is 6.92 Å². The zero-order valence-corrected chi connectivity index (χ0v) is 18.8. The molecule has 0 aliphatic heterocycles. The minimum absolute atomic E-state index is 0.0953. The van der Waals surface area contributed by atoms with Crippen molar-refractivity contribution in [2.75, 3.05) is 13.2 Å². The molecule has 3 N–H and O–H groups in total. The fourth-order valence-corrected chi connectivity index (χ4v) is 2.59. The summed E-state index contributed by atoms with van der Waals surface area (Å²) < 4.78 is 10.4. The molecule has 0 heterocycles. The van der Waals surface area contributed by atoms with Crippen LogP contribution in [0.1, 0.15) is 29.3 Å². The number of carbonyl (C=O) groups is 3. The predicted octanol–water partition coefficient (Wildman–Crippen LogP) is 3.02. The summed E-state index contributed by atoms with van der Waals surface area (Å²) in [4.78, 5) is 35.5. The smallest absolute Gasteiger partial charge is 0.338 e. The number of benzene rings is 2. The Balaban J connectivity index is 1.70. The third kappa shape index (κ3) is 8.75. The van der Waals surface area contributed by atoms with E-state index in [-0.39, 0.29) is 11.7 Å². The first kappa shape index (κ1) is 24.8. The van der Waals surface area contributed by atoms with E-state index in [4.69, 9.17) is 33.3 Å². The number of thiocarbonyl (C=S) groups is 1. The first-order valence-electron chi connectivity index (χ1n) is 9.61. The van der Waals surface area contributed by atoms with Crippen LogP contribution in [0.25, 0.3) is 6.08 Å². The van der Waals surface area contributed by atoms with Gasteiger partial charge in [-0.05, 0) is 60.6 Å². The van der Waals surface area contributed by atoms with Gasteiger partial charge in [-0.2, -0.15) is 0 Å². The van der Waals surface area contributed by atoms with Crippen LogP contribution in [-0.4, -0.2) is 36.1 Å². The van der Waals surface area contributed by atoms with E-state index in [9.17, 15) is 14.4 Å². The van der Waals surface area contributed by atoms with Crippen LogP contribution < -0.4 is 20.9 Å². The average molecular weight is 476 g/mol. The normalized spacial score (nSPS) is 10.3. The van der Waals surface area contributed by atoms with Crippen molar-refractivity contribution in [3.8, 4) is 5.75 Å². The van der Waals surface area contributed by atoms with Gasteiger partial charge in [0.2, 0.25) is 5.91 Å². The molecule has 8 nitrogen and oxygen atoms in total. The minimum Gasteiger partial charge on any atom is -0.484 e. The number of ether oxygens (including phenoxy) is 2. The first-order chi connectivity index (χ1) is 15.4. The molecule has 32 heavy (non-hydrogen) atoms. The van der Waals surface area contributed by atoms with E-state index in [1.54, 1.807) is 54.6 Å². The molecular formula is C22H22ClN3O5S. The van der Waals surface area contributed by atoms with Crippen molar-refractivity contribution in [3.05, 3.63) is 70.8 Å². The van der Waals surface area contributed by atoms with Crippen LogP contribution in [-0.2, 0) is 14.3 Å². The van der Waals surface area contributed by atoms with Crippen LogP contribution in [0.3, 0.4) is 0 Å². The fourth-order valence-electron chi connectivity index (χ4n) is 2.24. The highest BCUT2D eigenvalue weighted by atomic mass is 35.5. The van der Waals surface area contributed by atoms with Crippen LogP contribution in [0.4, 0.5) is 0 Å². The summed E-state index contributed by atoms with van der Waals surface area (Å²) in [5.74, 6) is -1.05. The van der Waals surface area contributed by atoms with Gasteiger partial charge in [0.05, 0.1) is 12.2 Å². The van der Waals surface area contributed by atoms with Crippen molar-refractivity contribution in [2.45, 2.75) is 13.3 Å². The maximum atomic E-state index is 11.9. The number of hydrogen-bond donors (Lipinski definition) is 3. The molecule has 0 fully saturated rings. The second-order valence-corrected chi connectivity index (χ2v) is 7.11. The summed E-state index contributed by atoms with van der Waals surface area (Å²) in [6, 6.07) is 13.2. The van der Waals surface area contributed by atoms with E-state index in [2.05, 4.69) is 16.2 Å². The fraction of sp³-hybridized carbons (Fsp3) is 0.182. The molecule has 2 amide bonds. The second-order valence-electron chi connectivity index (χ2n) is 6.30. The molecule has 10 heteroatoms. The van der Waals surface area contributed by atoms with E-state index >= 15 is 0 Å². The molecule has 0 aliphatic rings. The summed E-state index contributed by atoms with van der Waals surface area (Å²) in [6.07, 6.45) is 3.55. The number of esters is 1. The van der Waals surface area contributed by atoms with Gasteiger partial charge >= 0.3 is 5.97 Å². The quantitative estimate of drug-likeness (QED) is 0.233. The molecule has 0 atom stereocenters. The lowest BCUT2D eigenvalue weighted by Gasteiger charge is -2.11. The van der Waals surface area contributed by atoms with Crippen molar-refractivity contribution < 1.29 is 23.9 Å². The van der Waals surface area contributed by atoms with Crippen molar-refractivity contribution in [1.82, 2.24) is 16.2 Å². The Kier molecular flexibility index (Phi) is 10.2. The average Bonchev–Trinajstić information content (AvgIpc) is 2.79. The van der Waals surface area contributed by atoms with Gasteiger partial charge in [-0.1, -0.05) is 36.7 Å². The molecule has 0 saturated carbocycles. The standard InChI is InChI=1S/C22H22ClN3O5S/c1-2-13-30-21(29)16-7-10-17(11-8-16)31-14-20(28)25-26-22(32)24-19(27)12-9-15-5-3-4-6-18(15)23/h3-12H,2,13-14H2,1H3,(H,25,28)(H2,24,26,27,32)/b12-9+. The van der Waals surface area contributed by atoms with E-state index in [0.717, 1.165) is 6.42 Å². The van der Waals surface area contributed by atoms with Crippen LogP contribution in [0.2, 0.25) is 5.02 Å². The number of halogens is 1. The Hall–Kier alpha value is -3.43. The van der Waals surface area contributed by atoms with Gasteiger partial charge in [-0.25, -0.2) is 4.79 Å². The number of hydrogen-bond acceptors (Lipinski definition) is 6. The maximum Gasteiger partial charge on any atom is 0.338 e. The molecule has 2 aromatic rings. The zero-order chi connectivity index (χ0) is 23.3. The van der Waals surface area contributed by atoms with Gasteiger partial charge in [-0.15, -0.1) is 0 Å². The van der Waals surface area contributed by atoms with E-state index in [1.165, 1.54) is 6.08 Å². The van der Waals surface area contributed by atoms with Crippen LogP contribution in [0, 0.1) is 0 Å². The highest BCUT2D eigenvalue weighted by molar-refractivity contribution is 7.80. The number of carbonyl (C=O) groups excluding carboxylic acids is 3. The molecule has 0 aliphatic carbocycles. The lowest BCUT2D eigenvalue weighted by molar-refractivity contribution is -0.123. The molecule has 2 aromatic carbocycles. The van der Waals surface area contributed by atoms with Crippen molar-refractivity contribution in [3.63, 3.8) is 0 Å². The van der Waals surface area contributed by atoms with E-state index in [0.29, 0.717) is 28.5 Å². The highest BCUT2D eigenvalue weighted by Crippen LogP contribution is 2.16. The lowest BCUT2D eigenvalue weighted by atomic mass is 10.2. The van der Waals surface area contributed by atoms with Crippen LogP contribution >= 0.6 is 23.8 Å². The topological polar surface area (TPSA) is 106 Å². The van der Waals surface area contributed by atoms with E-state index < -0.39 is 17.8 Å². The largest absolute Gasteiger partial charge is 0.484 e. The van der Waals surface area contributed by atoms with Gasteiger partial charge in [0.15, 0.2) is 11.7 Å². The van der Waals surface area contributed by atoms with Gasteiger partial charge < -0.3 is 9.47 Å². The molecule has 0 radical (unpaired) electrons.